The number of hydrogen-bond acceptors (Lipinski definition) is 10. The zero-order valence-electron chi connectivity index (χ0n) is 22.5. The number of nitro benzene ring substituents is 1. The second kappa shape index (κ2) is 12.3. The zero-order valence-corrected chi connectivity index (χ0v) is 24.1. The molecule has 39 heavy (non-hydrogen) atoms. The van der Waals surface area contributed by atoms with E-state index in [1.54, 1.807) is 31.5 Å². The van der Waals surface area contributed by atoms with E-state index < -0.39 is 12.1 Å². The number of halogens is 1. The van der Waals surface area contributed by atoms with Crippen LogP contribution in [0.1, 0.15) is 5.56 Å². The van der Waals surface area contributed by atoms with Crippen molar-refractivity contribution in [3.05, 3.63) is 63.3 Å². The van der Waals surface area contributed by atoms with Crippen LogP contribution in [0, 0.1) is 17.0 Å². The molecule has 0 amide bonds. The third kappa shape index (κ3) is 7.45. The standard InChI is InChI=1S/C26H33ClN7O4P/c1-18-15-23(38-14-13-33-11-9-32(2)10-12-33)22(34(35)36)16-21(18)30-26-28-17-19(27)25(31-26)29-20-7-5-6-8-24(20)39(3,4)37/h5-8,15-17H,9-14H2,1-4H3,(H2,28,29,30,31). The SMILES string of the molecule is Cc1cc(OCCN2CCN(C)CC2)c([N+](=O)[O-])cc1Nc1ncc(Cl)c(Nc2ccccc2P(C)(C)=O)n1. The number of ether oxygens (including phenoxy) is 1. The number of nitrogens with one attached hydrogen (secondary N) is 2. The van der Waals surface area contributed by atoms with E-state index in [-0.39, 0.29) is 22.4 Å². The van der Waals surface area contributed by atoms with E-state index in [0.717, 1.165) is 31.7 Å². The molecule has 1 aliphatic heterocycles. The van der Waals surface area contributed by atoms with Crippen molar-refractivity contribution in [1.82, 2.24) is 19.8 Å². The van der Waals surface area contributed by atoms with Crippen molar-refractivity contribution in [2.45, 2.75) is 6.92 Å². The predicted molar refractivity (Wildman–Crippen MR) is 156 cm³/mol. The number of para-hydroxylation sites is 1. The number of nitro groups is 1. The summed E-state index contributed by atoms with van der Waals surface area (Å²) < 4.78 is 18.6. The Morgan fingerprint density at radius 3 is 2.54 bits per heavy atom. The topological polar surface area (TPSA) is 126 Å². The second-order valence-electron chi connectivity index (χ2n) is 9.89. The Labute approximate surface area is 233 Å². The largest absolute Gasteiger partial charge is 0.485 e. The van der Waals surface area contributed by atoms with Crippen LogP contribution < -0.4 is 20.7 Å². The Bertz CT molecular complexity index is 1390. The molecular weight excluding hydrogens is 541 g/mol. The smallest absolute Gasteiger partial charge is 0.313 e. The van der Waals surface area contributed by atoms with E-state index in [1.165, 1.54) is 12.3 Å². The predicted octanol–water partition coefficient (Wildman–Crippen LogP) is 4.71. The van der Waals surface area contributed by atoms with Crippen LogP contribution >= 0.6 is 18.7 Å². The molecule has 0 aliphatic carbocycles. The molecule has 0 atom stereocenters. The van der Waals surface area contributed by atoms with Gasteiger partial charge in [-0.15, -0.1) is 0 Å². The van der Waals surface area contributed by atoms with Gasteiger partial charge >= 0.3 is 5.69 Å². The highest BCUT2D eigenvalue weighted by Crippen LogP contribution is 2.39. The summed E-state index contributed by atoms with van der Waals surface area (Å²) in [6.07, 6.45) is 1.43. The lowest BCUT2D eigenvalue weighted by atomic mass is 10.1. The Hall–Kier alpha value is -3.24. The number of aromatic nitrogens is 2. The van der Waals surface area contributed by atoms with Gasteiger partial charge in [-0.3, -0.25) is 15.0 Å². The molecule has 1 fully saturated rings. The number of anilines is 4. The molecule has 1 aromatic heterocycles. The molecule has 2 heterocycles. The quantitative estimate of drug-likeness (QED) is 0.200. The molecule has 0 saturated carbocycles. The fourth-order valence-corrected chi connectivity index (χ4v) is 5.53. The second-order valence-corrected chi connectivity index (χ2v) is 13.5. The third-order valence-electron chi connectivity index (χ3n) is 6.49. The van der Waals surface area contributed by atoms with E-state index in [0.29, 0.717) is 35.6 Å². The first-order valence-corrected chi connectivity index (χ1v) is 15.5. The summed E-state index contributed by atoms with van der Waals surface area (Å²) >= 11 is 6.35. The van der Waals surface area contributed by atoms with Crippen LogP contribution in [0.15, 0.2) is 42.6 Å². The Kier molecular flexibility index (Phi) is 9.07. The summed E-state index contributed by atoms with van der Waals surface area (Å²) in [4.78, 5) is 24.7. The summed E-state index contributed by atoms with van der Waals surface area (Å²) in [7, 11) is -0.470. The fraction of sp³-hybridized carbons (Fsp3) is 0.385. The molecule has 1 saturated heterocycles. The van der Waals surface area contributed by atoms with Crippen molar-refractivity contribution in [2.75, 3.05) is 70.3 Å². The van der Waals surface area contributed by atoms with Crippen LogP contribution in [-0.4, -0.2) is 84.4 Å². The van der Waals surface area contributed by atoms with Crippen molar-refractivity contribution in [1.29, 1.82) is 0 Å². The number of aryl methyl sites for hydroxylation is 1. The van der Waals surface area contributed by atoms with E-state index in [2.05, 4.69) is 37.4 Å². The average Bonchev–Trinajstić information content (AvgIpc) is 2.88. The maximum absolute atomic E-state index is 12.7. The van der Waals surface area contributed by atoms with Gasteiger partial charge in [0.1, 0.15) is 18.8 Å². The molecule has 3 aromatic rings. The molecule has 4 rings (SSSR count). The molecule has 0 unspecified atom stereocenters. The van der Waals surface area contributed by atoms with Gasteiger partial charge in [-0.05, 0) is 51.1 Å². The number of hydrogen-bond donors (Lipinski definition) is 2. The highest BCUT2D eigenvalue weighted by molar-refractivity contribution is 7.70. The van der Waals surface area contributed by atoms with Gasteiger partial charge in [0.15, 0.2) is 11.6 Å². The number of benzene rings is 2. The van der Waals surface area contributed by atoms with Gasteiger partial charge in [0.05, 0.1) is 22.5 Å². The van der Waals surface area contributed by atoms with Gasteiger partial charge in [0.25, 0.3) is 0 Å². The lowest BCUT2D eigenvalue weighted by molar-refractivity contribution is -0.385. The highest BCUT2D eigenvalue weighted by Gasteiger charge is 2.21. The maximum atomic E-state index is 12.7. The Balaban J connectivity index is 1.51. The van der Waals surface area contributed by atoms with E-state index >= 15 is 0 Å². The summed E-state index contributed by atoms with van der Waals surface area (Å²) in [5.41, 5.74) is 1.67. The lowest BCUT2D eigenvalue weighted by Crippen LogP contribution is -2.45. The lowest BCUT2D eigenvalue weighted by Gasteiger charge is -2.32. The van der Waals surface area contributed by atoms with Gasteiger partial charge in [-0.25, -0.2) is 4.98 Å². The van der Waals surface area contributed by atoms with Crippen LogP contribution in [0.5, 0.6) is 5.75 Å². The third-order valence-corrected chi connectivity index (χ3v) is 8.32. The van der Waals surface area contributed by atoms with Crippen molar-refractivity contribution in [3.8, 4) is 5.75 Å². The summed E-state index contributed by atoms with van der Waals surface area (Å²) in [6.45, 7) is 10.2. The molecular formula is C26H33ClN7O4P. The number of nitrogens with zero attached hydrogens (tertiary/aromatic N) is 5. The minimum absolute atomic E-state index is 0.149. The van der Waals surface area contributed by atoms with Crippen LogP contribution in [0.25, 0.3) is 0 Å². The maximum Gasteiger partial charge on any atom is 0.313 e. The molecule has 2 aromatic carbocycles. The van der Waals surface area contributed by atoms with Crippen LogP contribution in [0.2, 0.25) is 5.02 Å². The highest BCUT2D eigenvalue weighted by atomic mass is 35.5. The van der Waals surface area contributed by atoms with E-state index in [1.807, 2.05) is 19.1 Å². The molecule has 0 spiro atoms. The normalized spacial score (nSPS) is 14.7. The van der Waals surface area contributed by atoms with Gasteiger partial charge in [-0.2, -0.15) is 4.98 Å². The Morgan fingerprint density at radius 1 is 1.13 bits per heavy atom. The zero-order chi connectivity index (χ0) is 28.2. The van der Waals surface area contributed by atoms with Gasteiger partial charge in [-0.1, -0.05) is 23.7 Å². The van der Waals surface area contributed by atoms with Crippen LogP contribution in [0.3, 0.4) is 0 Å². The minimum atomic E-state index is -2.56. The van der Waals surface area contributed by atoms with Gasteiger partial charge in [0, 0.05) is 44.1 Å². The van der Waals surface area contributed by atoms with Gasteiger partial charge in [0.2, 0.25) is 5.95 Å². The number of rotatable bonds is 10. The number of likely N-dealkylation sites (N-methyl/N-ethyl adjacent to an activating group) is 1. The van der Waals surface area contributed by atoms with Gasteiger partial charge < -0.3 is 24.8 Å². The van der Waals surface area contributed by atoms with Crippen molar-refractivity contribution in [3.63, 3.8) is 0 Å². The van der Waals surface area contributed by atoms with E-state index in [9.17, 15) is 14.7 Å². The minimum Gasteiger partial charge on any atom is -0.485 e. The van der Waals surface area contributed by atoms with Crippen molar-refractivity contribution in [2.24, 2.45) is 0 Å². The molecule has 0 radical (unpaired) electrons. The first-order chi connectivity index (χ1) is 18.5. The first-order valence-electron chi connectivity index (χ1n) is 12.5. The summed E-state index contributed by atoms with van der Waals surface area (Å²) in [5.74, 6) is 0.722. The molecule has 11 nitrogen and oxygen atoms in total. The fourth-order valence-electron chi connectivity index (χ4n) is 4.23. The summed E-state index contributed by atoms with van der Waals surface area (Å²) in [5, 5.41) is 19.0. The molecule has 13 heteroatoms. The first kappa shape index (κ1) is 28.8. The van der Waals surface area contributed by atoms with Crippen molar-refractivity contribution < 1.29 is 14.2 Å². The molecule has 1 aliphatic rings. The molecule has 2 N–H and O–H groups in total. The van der Waals surface area contributed by atoms with E-state index in [4.69, 9.17) is 16.3 Å². The van der Waals surface area contributed by atoms with Crippen molar-refractivity contribution >= 4 is 52.9 Å². The molecule has 208 valence electrons. The monoisotopic (exact) mass is 573 g/mol. The summed E-state index contributed by atoms with van der Waals surface area (Å²) in [6, 6.07) is 10.3. The Morgan fingerprint density at radius 2 is 1.85 bits per heavy atom. The van der Waals surface area contributed by atoms with Crippen LogP contribution in [0.4, 0.5) is 28.8 Å². The number of piperazine rings is 1. The molecule has 0 bridgehead atoms. The van der Waals surface area contributed by atoms with Crippen LogP contribution in [-0.2, 0) is 4.57 Å². The average molecular weight is 574 g/mol.